The van der Waals surface area contributed by atoms with Crippen molar-refractivity contribution in [3.63, 3.8) is 0 Å². The lowest BCUT2D eigenvalue weighted by Gasteiger charge is -2.32. The van der Waals surface area contributed by atoms with Crippen LogP contribution in [0.5, 0.6) is 0 Å². The molecule has 1 rings (SSSR count). The topological polar surface area (TPSA) is 55.1 Å². The van der Waals surface area contributed by atoms with Gasteiger partial charge in [-0.25, -0.2) is 0 Å². The lowest BCUT2D eigenvalue weighted by Crippen LogP contribution is -2.54. The molecule has 0 saturated heterocycles. The Morgan fingerprint density at radius 3 is 2.47 bits per heavy atom. The minimum atomic E-state index is -0.774. The first-order chi connectivity index (χ1) is 9.06. The maximum Gasteiger partial charge on any atom is 0.243 e. The minimum Gasteiger partial charge on any atom is -0.368 e. The number of carbonyl (C=O) groups is 1. The molecular formula is C15H24N2OS. The van der Waals surface area contributed by atoms with Crippen LogP contribution < -0.4 is 11.1 Å². The number of primary amides is 1. The van der Waals surface area contributed by atoms with E-state index in [1.807, 2.05) is 37.3 Å². The zero-order valence-electron chi connectivity index (χ0n) is 12.0. The third-order valence-electron chi connectivity index (χ3n) is 3.33. The van der Waals surface area contributed by atoms with Gasteiger partial charge in [-0.2, -0.15) is 11.8 Å². The van der Waals surface area contributed by atoms with Crippen molar-refractivity contribution >= 4 is 17.7 Å². The number of nitrogens with two attached hydrogens (primary N) is 1. The molecule has 0 radical (unpaired) electrons. The highest BCUT2D eigenvalue weighted by molar-refractivity contribution is 7.99. The van der Waals surface area contributed by atoms with Crippen molar-refractivity contribution in [3.8, 4) is 0 Å². The van der Waals surface area contributed by atoms with Crippen molar-refractivity contribution in [3.05, 3.63) is 35.9 Å². The van der Waals surface area contributed by atoms with Gasteiger partial charge in [-0.15, -0.1) is 0 Å². The first kappa shape index (κ1) is 16.1. The van der Waals surface area contributed by atoms with Crippen LogP contribution in [0.15, 0.2) is 30.3 Å². The smallest absolute Gasteiger partial charge is 0.243 e. The summed E-state index contributed by atoms with van der Waals surface area (Å²) in [7, 11) is 0. The van der Waals surface area contributed by atoms with Crippen LogP contribution in [0.4, 0.5) is 0 Å². The molecule has 2 atom stereocenters. The predicted molar refractivity (Wildman–Crippen MR) is 83.2 cm³/mol. The molecule has 19 heavy (non-hydrogen) atoms. The first-order valence-electron chi connectivity index (χ1n) is 6.78. The Labute approximate surface area is 120 Å². The van der Waals surface area contributed by atoms with Crippen molar-refractivity contribution < 1.29 is 4.79 Å². The summed E-state index contributed by atoms with van der Waals surface area (Å²) in [5.41, 5.74) is 5.87. The fourth-order valence-electron chi connectivity index (χ4n) is 1.95. The lowest BCUT2D eigenvalue weighted by molar-refractivity contribution is -0.123. The first-order valence-corrected chi connectivity index (χ1v) is 7.83. The summed E-state index contributed by atoms with van der Waals surface area (Å²) in [6, 6.07) is 9.76. The highest BCUT2D eigenvalue weighted by Gasteiger charge is 2.37. The van der Waals surface area contributed by atoms with Gasteiger partial charge >= 0.3 is 0 Å². The quantitative estimate of drug-likeness (QED) is 0.769. The number of hydrogen-bond donors (Lipinski definition) is 2. The van der Waals surface area contributed by atoms with Gasteiger partial charge in [-0.3, -0.25) is 10.1 Å². The standard InChI is InChI=1S/C15H24N2OS/c1-4-12(3)19-11-15(14(16)18,17-5-2)13-9-7-6-8-10-13/h6-10,12,17H,4-5,11H2,1-3H3,(H2,16,18). The molecule has 0 aliphatic carbocycles. The van der Waals surface area contributed by atoms with E-state index in [1.54, 1.807) is 11.8 Å². The van der Waals surface area contributed by atoms with Crippen LogP contribution in [-0.4, -0.2) is 23.5 Å². The monoisotopic (exact) mass is 280 g/mol. The number of carbonyl (C=O) groups excluding carboxylic acids is 1. The highest BCUT2D eigenvalue weighted by Crippen LogP contribution is 2.28. The van der Waals surface area contributed by atoms with Gasteiger partial charge in [0.25, 0.3) is 0 Å². The van der Waals surface area contributed by atoms with Gasteiger partial charge in [-0.1, -0.05) is 51.1 Å². The molecule has 1 amide bonds. The van der Waals surface area contributed by atoms with E-state index >= 15 is 0 Å². The molecule has 0 spiro atoms. The molecule has 2 unspecified atom stereocenters. The van der Waals surface area contributed by atoms with Gasteiger partial charge in [0.05, 0.1) is 0 Å². The summed E-state index contributed by atoms with van der Waals surface area (Å²) in [6.45, 7) is 7.03. The Morgan fingerprint density at radius 1 is 1.37 bits per heavy atom. The maximum absolute atomic E-state index is 12.1. The molecule has 0 saturated carbocycles. The van der Waals surface area contributed by atoms with Gasteiger partial charge in [-0.05, 0) is 18.5 Å². The molecule has 106 valence electrons. The molecule has 0 aromatic heterocycles. The van der Waals surface area contributed by atoms with Gasteiger partial charge in [0, 0.05) is 11.0 Å². The summed E-state index contributed by atoms with van der Waals surface area (Å²) in [6.07, 6.45) is 1.08. The number of benzene rings is 1. The molecule has 4 heteroatoms. The third kappa shape index (κ3) is 3.98. The van der Waals surface area contributed by atoms with Crippen molar-refractivity contribution in [2.24, 2.45) is 5.73 Å². The van der Waals surface area contributed by atoms with Crippen molar-refractivity contribution in [1.82, 2.24) is 5.32 Å². The average Bonchev–Trinajstić information content (AvgIpc) is 2.43. The Balaban J connectivity index is 3.04. The van der Waals surface area contributed by atoms with Crippen LogP contribution >= 0.6 is 11.8 Å². The molecule has 0 bridgehead atoms. The lowest BCUT2D eigenvalue weighted by atomic mass is 9.91. The third-order valence-corrected chi connectivity index (χ3v) is 4.83. The van der Waals surface area contributed by atoms with Crippen LogP contribution in [-0.2, 0) is 10.3 Å². The number of thioether (sulfide) groups is 1. The Morgan fingerprint density at radius 2 is 2.00 bits per heavy atom. The Hall–Kier alpha value is -1.00. The number of amides is 1. The summed E-state index contributed by atoms with van der Waals surface area (Å²) in [4.78, 5) is 12.1. The van der Waals surface area contributed by atoms with E-state index < -0.39 is 5.54 Å². The predicted octanol–water partition coefficient (Wildman–Crippen LogP) is 2.51. The largest absolute Gasteiger partial charge is 0.368 e. The van der Waals surface area contributed by atoms with Crippen LogP contribution in [0.1, 0.15) is 32.8 Å². The molecule has 0 aliphatic heterocycles. The molecule has 1 aromatic carbocycles. The second kappa shape index (κ2) is 7.56. The molecular weight excluding hydrogens is 256 g/mol. The fraction of sp³-hybridized carbons (Fsp3) is 0.533. The van der Waals surface area contributed by atoms with Gasteiger partial charge in [0.1, 0.15) is 5.54 Å². The molecule has 0 fully saturated rings. The SMILES string of the molecule is CCNC(CSC(C)CC)(C(N)=O)c1ccccc1. The summed E-state index contributed by atoms with van der Waals surface area (Å²) >= 11 is 1.78. The number of hydrogen-bond acceptors (Lipinski definition) is 3. The summed E-state index contributed by atoms with van der Waals surface area (Å²) in [5.74, 6) is 0.353. The van der Waals surface area contributed by atoms with Gasteiger partial charge in [0.15, 0.2) is 0 Å². The summed E-state index contributed by atoms with van der Waals surface area (Å²) < 4.78 is 0. The Bertz CT molecular complexity index is 396. The number of rotatable bonds is 8. The molecule has 0 heterocycles. The van der Waals surface area contributed by atoms with Gasteiger partial charge < -0.3 is 5.73 Å². The Kier molecular flexibility index (Phi) is 6.38. The zero-order valence-corrected chi connectivity index (χ0v) is 12.8. The van der Waals surface area contributed by atoms with E-state index in [0.717, 1.165) is 12.0 Å². The van der Waals surface area contributed by atoms with Crippen molar-refractivity contribution in [2.75, 3.05) is 12.3 Å². The van der Waals surface area contributed by atoms with E-state index in [0.29, 0.717) is 17.5 Å². The normalized spacial score (nSPS) is 15.7. The van der Waals surface area contributed by atoms with E-state index in [9.17, 15) is 4.79 Å². The van der Waals surface area contributed by atoms with E-state index in [-0.39, 0.29) is 5.91 Å². The molecule has 1 aromatic rings. The average molecular weight is 280 g/mol. The van der Waals surface area contributed by atoms with Gasteiger partial charge in [0.2, 0.25) is 5.91 Å². The van der Waals surface area contributed by atoms with Crippen LogP contribution in [0.3, 0.4) is 0 Å². The second-order valence-corrected chi connectivity index (χ2v) is 6.12. The molecule has 0 aliphatic rings. The van der Waals surface area contributed by atoms with Crippen LogP contribution in [0.2, 0.25) is 0 Å². The zero-order chi connectivity index (χ0) is 14.3. The van der Waals surface area contributed by atoms with Crippen molar-refractivity contribution in [2.45, 2.75) is 38.0 Å². The van der Waals surface area contributed by atoms with E-state index in [4.69, 9.17) is 5.73 Å². The van der Waals surface area contributed by atoms with Crippen LogP contribution in [0, 0.1) is 0 Å². The second-order valence-electron chi connectivity index (χ2n) is 4.70. The minimum absolute atomic E-state index is 0.309. The number of likely N-dealkylation sites (N-methyl/N-ethyl adjacent to an activating group) is 1. The fourth-order valence-corrected chi connectivity index (χ4v) is 3.13. The maximum atomic E-state index is 12.1. The highest BCUT2D eigenvalue weighted by atomic mass is 32.2. The van der Waals surface area contributed by atoms with E-state index in [2.05, 4.69) is 19.2 Å². The molecule has 3 N–H and O–H groups in total. The van der Waals surface area contributed by atoms with Crippen molar-refractivity contribution in [1.29, 1.82) is 0 Å². The van der Waals surface area contributed by atoms with E-state index in [1.165, 1.54) is 0 Å². The summed E-state index contributed by atoms with van der Waals surface area (Å²) in [5, 5.41) is 3.81. The molecule has 3 nitrogen and oxygen atoms in total. The number of nitrogens with one attached hydrogen (secondary N) is 1. The van der Waals surface area contributed by atoms with Crippen LogP contribution in [0.25, 0.3) is 0 Å².